The van der Waals surface area contributed by atoms with E-state index in [1.165, 1.54) is 0 Å². The van der Waals surface area contributed by atoms with E-state index in [9.17, 15) is 9.59 Å². The van der Waals surface area contributed by atoms with Crippen molar-refractivity contribution in [3.63, 3.8) is 0 Å². The molecule has 1 unspecified atom stereocenters. The lowest BCUT2D eigenvalue weighted by atomic mass is 9.94. The van der Waals surface area contributed by atoms with Gasteiger partial charge in [-0.05, 0) is 44.0 Å². The van der Waals surface area contributed by atoms with E-state index >= 15 is 0 Å². The van der Waals surface area contributed by atoms with Crippen molar-refractivity contribution < 1.29 is 23.8 Å². The van der Waals surface area contributed by atoms with Gasteiger partial charge in [-0.15, -0.1) is 0 Å². The van der Waals surface area contributed by atoms with E-state index in [1.54, 1.807) is 37.8 Å². The summed E-state index contributed by atoms with van der Waals surface area (Å²) in [5.41, 5.74) is 2.65. The fourth-order valence-electron chi connectivity index (χ4n) is 3.62. The monoisotopic (exact) mass is 408 g/mol. The summed E-state index contributed by atoms with van der Waals surface area (Å²) in [5, 5.41) is 2.96. The van der Waals surface area contributed by atoms with Gasteiger partial charge < -0.3 is 19.5 Å². The van der Waals surface area contributed by atoms with Crippen molar-refractivity contribution in [1.82, 2.24) is 10.2 Å². The molecule has 0 aliphatic carbocycles. The van der Waals surface area contributed by atoms with Crippen LogP contribution >= 0.6 is 0 Å². The van der Waals surface area contributed by atoms with Crippen molar-refractivity contribution in [3.8, 4) is 11.5 Å². The van der Waals surface area contributed by atoms with Crippen molar-refractivity contribution in [3.05, 3.63) is 70.9 Å². The van der Waals surface area contributed by atoms with Gasteiger partial charge in [0.15, 0.2) is 11.5 Å². The van der Waals surface area contributed by atoms with E-state index in [2.05, 4.69) is 5.32 Å². The average molecular weight is 408 g/mol. The Morgan fingerprint density at radius 3 is 2.63 bits per heavy atom. The maximum Gasteiger partial charge on any atom is 0.338 e. The molecule has 4 rings (SSSR count). The molecule has 2 heterocycles. The number of hydrogen-bond acceptors (Lipinski definition) is 5. The van der Waals surface area contributed by atoms with Crippen molar-refractivity contribution in [2.24, 2.45) is 0 Å². The molecule has 0 bridgehead atoms. The second-order valence-electron chi connectivity index (χ2n) is 7.52. The van der Waals surface area contributed by atoms with Crippen LogP contribution in [0.2, 0.25) is 0 Å². The number of hydrogen-bond donors (Lipinski definition) is 1. The summed E-state index contributed by atoms with van der Waals surface area (Å²) < 4.78 is 16.3. The summed E-state index contributed by atoms with van der Waals surface area (Å²) in [6.07, 6.45) is -0.282. The number of rotatable bonds is 5. The lowest BCUT2D eigenvalue weighted by Gasteiger charge is -2.35. The van der Waals surface area contributed by atoms with Gasteiger partial charge in [-0.2, -0.15) is 0 Å². The van der Waals surface area contributed by atoms with E-state index in [-0.39, 0.29) is 18.9 Å². The van der Waals surface area contributed by atoms with Crippen molar-refractivity contribution >= 4 is 12.0 Å². The Labute approximate surface area is 175 Å². The van der Waals surface area contributed by atoms with Gasteiger partial charge in [-0.25, -0.2) is 9.59 Å². The molecule has 30 heavy (non-hydrogen) atoms. The molecule has 1 N–H and O–H groups in total. The highest BCUT2D eigenvalue weighted by Crippen LogP contribution is 2.38. The van der Waals surface area contributed by atoms with Gasteiger partial charge in [0.05, 0.1) is 24.3 Å². The number of urea groups is 1. The molecular formula is C23H24N2O5. The Balaban J connectivity index is 1.74. The fraction of sp³-hybridized carbons (Fsp3) is 0.304. The first-order valence-electron chi connectivity index (χ1n) is 9.87. The second-order valence-corrected chi connectivity index (χ2v) is 7.52. The van der Waals surface area contributed by atoms with E-state index in [0.717, 1.165) is 11.1 Å². The zero-order chi connectivity index (χ0) is 21.3. The number of carbonyl (C=O) groups is 2. The predicted octanol–water partition coefficient (Wildman–Crippen LogP) is 3.91. The van der Waals surface area contributed by atoms with Crippen LogP contribution in [0.4, 0.5) is 4.79 Å². The molecule has 2 aliphatic rings. The molecule has 7 heteroatoms. The number of allylic oxidation sites excluding steroid dienone is 1. The molecular weight excluding hydrogens is 384 g/mol. The highest BCUT2D eigenvalue weighted by molar-refractivity contribution is 5.95. The van der Waals surface area contributed by atoms with Crippen LogP contribution < -0.4 is 14.8 Å². The van der Waals surface area contributed by atoms with Crippen LogP contribution in [0.3, 0.4) is 0 Å². The summed E-state index contributed by atoms with van der Waals surface area (Å²) in [4.78, 5) is 27.6. The zero-order valence-electron chi connectivity index (χ0n) is 17.2. The lowest BCUT2D eigenvalue weighted by Crippen LogP contribution is -2.47. The standard InChI is InChI=1S/C23H24N2O5/c1-14(2)30-22(26)20-15(3)25(12-16-7-5-4-6-8-16)23(27)24-21(20)17-9-10-18-19(11-17)29-13-28-18/h4-11,14,21H,12-13H2,1-3H3,(H,24,27). The number of esters is 1. The molecule has 0 aromatic heterocycles. The van der Waals surface area contributed by atoms with Crippen LogP contribution in [0.1, 0.15) is 37.9 Å². The quantitative estimate of drug-likeness (QED) is 0.759. The Hall–Kier alpha value is -3.48. The van der Waals surface area contributed by atoms with Gasteiger partial charge in [0.25, 0.3) is 0 Å². The van der Waals surface area contributed by atoms with Gasteiger partial charge in [-0.3, -0.25) is 4.90 Å². The largest absolute Gasteiger partial charge is 0.459 e. The van der Waals surface area contributed by atoms with Crippen LogP contribution in [0.15, 0.2) is 59.8 Å². The number of nitrogens with zero attached hydrogens (tertiary/aromatic N) is 1. The predicted molar refractivity (Wildman–Crippen MR) is 110 cm³/mol. The Morgan fingerprint density at radius 1 is 1.17 bits per heavy atom. The highest BCUT2D eigenvalue weighted by atomic mass is 16.7. The molecule has 0 fully saturated rings. The van der Waals surface area contributed by atoms with E-state index in [0.29, 0.717) is 29.3 Å². The molecule has 156 valence electrons. The van der Waals surface area contributed by atoms with E-state index in [4.69, 9.17) is 14.2 Å². The topological polar surface area (TPSA) is 77.1 Å². The number of amides is 2. The average Bonchev–Trinajstić information content (AvgIpc) is 3.18. The molecule has 2 amide bonds. The molecule has 2 aliphatic heterocycles. The molecule has 1 atom stereocenters. The van der Waals surface area contributed by atoms with Crippen LogP contribution in [0, 0.1) is 0 Å². The summed E-state index contributed by atoms with van der Waals surface area (Å²) >= 11 is 0. The second kappa shape index (κ2) is 8.10. The normalized spacial score (nSPS) is 17.9. The van der Waals surface area contributed by atoms with Gasteiger partial charge >= 0.3 is 12.0 Å². The van der Waals surface area contributed by atoms with Gasteiger partial charge in [-0.1, -0.05) is 36.4 Å². The summed E-state index contributed by atoms with van der Waals surface area (Å²) in [6, 6.07) is 14.1. The number of ether oxygens (including phenoxy) is 3. The SMILES string of the molecule is CC1=C(C(=O)OC(C)C)C(c2ccc3c(c2)OCO3)NC(=O)N1Cc1ccccc1. The van der Waals surface area contributed by atoms with E-state index < -0.39 is 12.0 Å². The minimum Gasteiger partial charge on any atom is -0.459 e. The van der Waals surface area contributed by atoms with Crippen molar-refractivity contribution in [2.75, 3.05) is 6.79 Å². The first kappa shape index (κ1) is 19.8. The van der Waals surface area contributed by atoms with Gasteiger partial charge in [0.1, 0.15) is 0 Å². The summed E-state index contributed by atoms with van der Waals surface area (Å²) in [7, 11) is 0. The Bertz CT molecular complexity index is 1000. The number of nitrogens with one attached hydrogen (secondary N) is 1. The number of carbonyl (C=O) groups excluding carboxylic acids is 2. The molecule has 0 saturated carbocycles. The summed E-state index contributed by atoms with van der Waals surface area (Å²) in [5.74, 6) is 0.768. The van der Waals surface area contributed by atoms with E-state index in [1.807, 2.05) is 36.4 Å². The molecule has 2 aromatic rings. The highest BCUT2D eigenvalue weighted by Gasteiger charge is 2.37. The maximum absolute atomic E-state index is 13.0. The Morgan fingerprint density at radius 2 is 1.90 bits per heavy atom. The molecule has 0 spiro atoms. The molecule has 7 nitrogen and oxygen atoms in total. The van der Waals surface area contributed by atoms with Gasteiger partial charge in [0.2, 0.25) is 6.79 Å². The maximum atomic E-state index is 13.0. The van der Waals surface area contributed by atoms with Crippen LogP contribution in [-0.2, 0) is 16.1 Å². The lowest BCUT2D eigenvalue weighted by molar-refractivity contribution is -0.143. The van der Waals surface area contributed by atoms with Gasteiger partial charge in [0, 0.05) is 5.70 Å². The van der Waals surface area contributed by atoms with Crippen molar-refractivity contribution in [2.45, 2.75) is 39.5 Å². The Kier molecular flexibility index (Phi) is 5.35. The van der Waals surface area contributed by atoms with Crippen LogP contribution in [0.5, 0.6) is 11.5 Å². The molecule has 2 aromatic carbocycles. The zero-order valence-corrected chi connectivity index (χ0v) is 17.2. The van der Waals surface area contributed by atoms with Crippen LogP contribution in [0.25, 0.3) is 0 Å². The summed E-state index contributed by atoms with van der Waals surface area (Å²) in [6.45, 7) is 5.88. The number of fused-ring (bicyclic) bond motifs is 1. The minimum atomic E-state index is -0.648. The molecule has 0 radical (unpaired) electrons. The van der Waals surface area contributed by atoms with Crippen molar-refractivity contribution in [1.29, 1.82) is 0 Å². The first-order valence-corrected chi connectivity index (χ1v) is 9.87. The third kappa shape index (κ3) is 3.83. The number of benzene rings is 2. The fourth-order valence-corrected chi connectivity index (χ4v) is 3.62. The minimum absolute atomic E-state index is 0.151. The first-order chi connectivity index (χ1) is 14.4. The molecule has 0 saturated heterocycles. The van der Waals surface area contributed by atoms with Crippen LogP contribution in [-0.4, -0.2) is 29.8 Å². The third-order valence-electron chi connectivity index (χ3n) is 5.07. The smallest absolute Gasteiger partial charge is 0.338 e. The third-order valence-corrected chi connectivity index (χ3v) is 5.07.